The lowest BCUT2D eigenvalue weighted by molar-refractivity contribution is -0.304. The van der Waals surface area contributed by atoms with Crippen LogP contribution in [0.3, 0.4) is 0 Å². The van der Waals surface area contributed by atoms with E-state index >= 15 is 0 Å². The number of rotatable bonds is 4. The first kappa shape index (κ1) is 13.8. The van der Waals surface area contributed by atoms with E-state index in [1.165, 1.54) is 6.92 Å². The quantitative estimate of drug-likeness (QED) is 0.358. The van der Waals surface area contributed by atoms with Crippen molar-refractivity contribution in [3.8, 4) is 0 Å². The smallest absolute Gasteiger partial charge is 0.186 e. The minimum absolute atomic E-state index is 0.0807. The average Bonchev–Trinajstić information content (AvgIpc) is 2.25. The monoisotopic (exact) mass is 238 g/mol. The zero-order valence-electron chi connectivity index (χ0n) is 8.93. The van der Waals surface area contributed by atoms with Gasteiger partial charge in [-0.15, -0.1) is 0 Å². The van der Waals surface area contributed by atoms with Crippen molar-refractivity contribution in [2.24, 2.45) is 0 Å². The van der Waals surface area contributed by atoms with Crippen LogP contribution in [0.5, 0.6) is 0 Å². The zero-order valence-corrected chi connectivity index (χ0v) is 8.93. The van der Waals surface area contributed by atoms with Crippen molar-refractivity contribution < 1.29 is 35.0 Å². The fourth-order valence-corrected chi connectivity index (χ4v) is 1.44. The summed E-state index contributed by atoms with van der Waals surface area (Å²) in [6.07, 6.45) is -7.18. The Labute approximate surface area is 92.9 Å². The molecule has 1 saturated heterocycles. The van der Waals surface area contributed by atoms with E-state index in [0.29, 0.717) is 0 Å². The maximum Gasteiger partial charge on any atom is 0.186 e. The Bertz CT molecular complexity index is 208. The molecule has 0 saturated carbocycles. The van der Waals surface area contributed by atoms with Crippen LogP contribution in [0.4, 0.5) is 0 Å². The first-order valence-electron chi connectivity index (χ1n) is 5.07. The summed E-state index contributed by atoms with van der Waals surface area (Å²) in [7, 11) is 0. The first-order valence-corrected chi connectivity index (χ1v) is 5.07. The number of aliphatic hydroxyl groups is 5. The number of ether oxygens (including phenoxy) is 2. The van der Waals surface area contributed by atoms with Gasteiger partial charge >= 0.3 is 0 Å². The van der Waals surface area contributed by atoms with E-state index < -0.39 is 43.4 Å². The molecular formula is C9H18O7. The molecular weight excluding hydrogens is 220 g/mol. The van der Waals surface area contributed by atoms with E-state index in [9.17, 15) is 15.3 Å². The van der Waals surface area contributed by atoms with Crippen molar-refractivity contribution in [3.63, 3.8) is 0 Å². The molecule has 0 radical (unpaired) electrons. The third kappa shape index (κ3) is 3.11. The predicted octanol–water partition coefficient (Wildman–Crippen LogP) is -2.82. The largest absolute Gasteiger partial charge is 0.394 e. The summed E-state index contributed by atoms with van der Waals surface area (Å²) in [5.41, 5.74) is 0. The van der Waals surface area contributed by atoms with Gasteiger partial charge in [-0.1, -0.05) is 0 Å². The molecule has 96 valence electrons. The molecule has 5 N–H and O–H groups in total. The molecule has 1 heterocycles. The van der Waals surface area contributed by atoms with Gasteiger partial charge in [0.05, 0.1) is 19.3 Å². The van der Waals surface area contributed by atoms with Gasteiger partial charge in [-0.2, -0.15) is 0 Å². The van der Waals surface area contributed by atoms with Gasteiger partial charge in [0.25, 0.3) is 0 Å². The van der Waals surface area contributed by atoms with Crippen LogP contribution in [0.25, 0.3) is 0 Å². The molecule has 16 heavy (non-hydrogen) atoms. The van der Waals surface area contributed by atoms with Gasteiger partial charge in [0.2, 0.25) is 0 Å². The Morgan fingerprint density at radius 1 is 1.19 bits per heavy atom. The van der Waals surface area contributed by atoms with Gasteiger partial charge in [-0.05, 0) is 6.92 Å². The van der Waals surface area contributed by atoms with Crippen LogP contribution in [0.2, 0.25) is 0 Å². The van der Waals surface area contributed by atoms with Crippen molar-refractivity contribution in [2.75, 3.05) is 13.2 Å². The lowest BCUT2D eigenvalue weighted by Crippen LogP contribution is -2.59. The molecule has 1 rings (SSSR count). The fourth-order valence-electron chi connectivity index (χ4n) is 1.44. The molecule has 1 aliphatic rings. The summed E-state index contributed by atoms with van der Waals surface area (Å²) in [6.45, 7) is 0.909. The zero-order chi connectivity index (χ0) is 12.3. The molecule has 0 aromatic heterocycles. The summed E-state index contributed by atoms with van der Waals surface area (Å²) in [4.78, 5) is 0. The van der Waals surface area contributed by atoms with Crippen LogP contribution in [-0.4, -0.2) is 75.6 Å². The number of hydrogen-bond acceptors (Lipinski definition) is 7. The normalized spacial score (nSPS) is 42.0. The van der Waals surface area contributed by atoms with Crippen LogP contribution in [-0.2, 0) is 9.47 Å². The second-order valence-electron chi connectivity index (χ2n) is 3.88. The molecule has 7 heteroatoms. The lowest BCUT2D eigenvalue weighted by Gasteiger charge is -2.39. The molecule has 1 unspecified atom stereocenters. The Morgan fingerprint density at radius 3 is 2.31 bits per heavy atom. The summed E-state index contributed by atoms with van der Waals surface area (Å²) >= 11 is 0. The van der Waals surface area contributed by atoms with Crippen molar-refractivity contribution in [2.45, 2.75) is 43.7 Å². The number of aliphatic hydroxyl groups excluding tert-OH is 5. The van der Waals surface area contributed by atoms with Crippen molar-refractivity contribution in [1.82, 2.24) is 0 Å². The first-order chi connectivity index (χ1) is 7.47. The second kappa shape index (κ2) is 5.87. The maximum absolute atomic E-state index is 9.51. The van der Waals surface area contributed by atoms with Gasteiger partial charge in [0.15, 0.2) is 6.29 Å². The van der Waals surface area contributed by atoms with Gasteiger partial charge in [0, 0.05) is 0 Å². The molecule has 0 aromatic rings. The standard InChI is InChI=1S/C9H18O7/c1-4(11)3-15-9-8(14)7(13)6(12)5(2-10)16-9/h4-14H,2-3H2,1H3/t4-,5+,6+,7-,8+,9?/m0/s1. The summed E-state index contributed by atoms with van der Waals surface area (Å²) in [6, 6.07) is 0. The molecule has 1 aliphatic heterocycles. The minimum atomic E-state index is -1.45. The van der Waals surface area contributed by atoms with Crippen molar-refractivity contribution >= 4 is 0 Å². The van der Waals surface area contributed by atoms with Crippen LogP contribution in [0, 0.1) is 0 Å². The molecule has 0 bridgehead atoms. The molecule has 6 atom stereocenters. The fraction of sp³-hybridized carbons (Fsp3) is 1.00. The highest BCUT2D eigenvalue weighted by atomic mass is 16.7. The molecule has 0 amide bonds. The van der Waals surface area contributed by atoms with E-state index in [2.05, 4.69) is 0 Å². The van der Waals surface area contributed by atoms with Gasteiger partial charge in [-0.25, -0.2) is 0 Å². The Kier molecular flexibility index (Phi) is 5.06. The van der Waals surface area contributed by atoms with E-state index in [1.54, 1.807) is 0 Å². The van der Waals surface area contributed by atoms with Gasteiger partial charge < -0.3 is 35.0 Å². The molecule has 0 spiro atoms. The summed E-state index contributed by atoms with van der Waals surface area (Å²) in [5.74, 6) is 0. The maximum atomic E-state index is 9.51. The van der Waals surface area contributed by atoms with Crippen LogP contribution in [0.15, 0.2) is 0 Å². The second-order valence-corrected chi connectivity index (χ2v) is 3.88. The molecule has 7 nitrogen and oxygen atoms in total. The SMILES string of the molecule is C[C@H](O)COC1O[C@H](CO)[C@@H](O)[C@H](O)[C@H]1O. The molecule has 0 aromatic carbocycles. The van der Waals surface area contributed by atoms with E-state index in [0.717, 1.165) is 0 Å². The minimum Gasteiger partial charge on any atom is -0.394 e. The van der Waals surface area contributed by atoms with Crippen molar-refractivity contribution in [3.05, 3.63) is 0 Å². The van der Waals surface area contributed by atoms with Crippen LogP contribution >= 0.6 is 0 Å². The predicted molar refractivity (Wildman–Crippen MR) is 51.4 cm³/mol. The van der Waals surface area contributed by atoms with E-state index in [1.807, 2.05) is 0 Å². The van der Waals surface area contributed by atoms with Gasteiger partial charge in [0.1, 0.15) is 24.4 Å². The third-order valence-corrected chi connectivity index (χ3v) is 2.35. The average molecular weight is 238 g/mol. The topological polar surface area (TPSA) is 120 Å². The lowest BCUT2D eigenvalue weighted by atomic mass is 9.99. The molecule has 0 aliphatic carbocycles. The summed E-state index contributed by atoms with van der Waals surface area (Å²) < 4.78 is 10.0. The van der Waals surface area contributed by atoms with Gasteiger partial charge in [-0.3, -0.25) is 0 Å². The number of hydrogen-bond donors (Lipinski definition) is 5. The highest BCUT2D eigenvalue weighted by molar-refractivity contribution is 4.88. The Morgan fingerprint density at radius 2 is 1.81 bits per heavy atom. The van der Waals surface area contributed by atoms with Crippen molar-refractivity contribution in [1.29, 1.82) is 0 Å². The van der Waals surface area contributed by atoms with E-state index in [4.69, 9.17) is 19.7 Å². The summed E-state index contributed by atoms with van der Waals surface area (Å²) in [5, 5.41) is 46.2. The third-order valence-electron chi connectivity index (χ3n) is 2.35. The highest BCUT2D eigenvalue weighted by Crippen LogP contribution is 2.21. The highest BCUT2D eigenvalue weighted by Gasteiger charge is 2.43. The Hall–Kier alpha value is -0.280. The molecule has 1 fully saturated rings. The van der Waals surface area contributed by atoms with E-state index in [-0.39, 0.29) is 6.61 Å². The Balaban J connectivity index is 2.56. The van der Waals surface area contributed by atoms with Crippen LogP contribution in [0.1, 0.15) is 6.92 Å². The van der Waals surface area contributed by atoms with Crippen LogP contribution < -0.4 is 0 Å².